The van der Waals surface area contributed by atoms with E-state index in [1.54, 1.807) is 13.8 Å². The highest BCUT2D eigenvalue weighted by atomic mass is 35.5. The first kappa shape index (κ1) is 13.9. The quantitative estimate of drug-likeness (QED) is 0.902. The summed E-state index contributed by atoms with van der Waals surface area (Å²) in [7, 11) is 0. The molecule has 0 aliphatic carbocycles. The Morgan fingerprint density at radius 3 is 2.65 bits per heavy atom. The Hall–Kier alpha value is -1.13. The molecule has 1 amide bonds. The second-order valence-corrected chi connectivity index (χ2v) is 4.44. The molecule has 0 atom stereocenters. The fourth-order valence-electron chi connectivity index (χ4n) is 1.46. The van der Waals surface area contributed by atoms with E-state index in [9.17, 15) is 9.18 Å². The van der Waals surface area contributed by atoms with Crippen LogP contribution in [-0.2, 0) is 4.79 Å². The zero-order valence-corrected chi connectivity index (χ0v) is 10.7. The van der Waals surface area contributed by atoms with Crippen molar-refractivity contribution in [3.8, 4) is 0 Å². The average Bonchev–Trinajstić information content (AvgIpc) is 2.29. The second kappa shape index (κ2) is 5.98. The van der Waals surface area contributed by atoms with Crippen LogP contribution in [0, 0.1) is 11.7 Å². The number of benzene rings is 1. The van der Waals surface area contributed by atoms with Gasteiger partial charge in [0.2, 0.25) is 5.91 Å². The molecule has 17 heavy (non-hydrogen) atoms. The minimum absolute atomic E-state index is 0.000998. The number of carbonyl (C=O) groups is 1. The molecule has 1 aromatic carbocycles. The van der Waals surface area contributed by atoms with Crippen molar-refractivity contribution in [3.05, 3.63) is 29.0 Å². The molecule has 0 unspecified atom stereocenters. The van der Waals surface area contributed by atoms with Gasteiger partial charge in [0.25, 0.3) is 0 Å². The molecule has 0 radical (unpaired) electrons. The highest BCUT2D eigenvalue weighted by Crippen LogP contribution is 2.23. The number of amides is 1. The zero-order valence-electron chi connectivity index (χ0n) is 9.91. The van der Waals surface area contributed by atoms with E-state index in [0.29, 0.717) is 18.8 Å². The van der Waals surface area contributed by atoms with E-state index in [4.69, 9.17) is 17.3 Å². The van der Waals surface area contributed by atoms with Crippen molar-refractivity contribution in [2.24, 2.45) is 11.7 Å². The summed E-state index contributed by atoms with van der Waals surface area (Å²) in [6.45, 7) is 4.33. The Labute approximate surface area is 105 Å². The minimum atomic E-state index is -0.500. The molecule has 0 aromatic heterocycles. The third-order valence-electron chi connectivity index (χ3n) is 2.33. The summed E-state index contributed by atoms with van der Waals surface area (Å²) in [4.78, 5) is 13.5. The first-order chi connectivity index (χ1) is 7.97. The van der Waals surface area contributed by atoms with Crippen molar-refractivity contribution < 1.29 is 9.18 Å². The van der Waals surface area contributed by atoms with Crippen LogP contribution in [0.3, 0.4) is 0 Å². The van der Waals surface area contributed by atoms with Crippen LogP contribution in [0.25, 0.3) is 0 Å². The SMILES string of the molecule is CC(C)C(=O)N(CCN)c1ccc(F)c(Cl)c1. The number of halogens is 2. The van der Waals surface area contributed by atoms with Crippen molar-refractivity contribution >= 4 is 23.2 Å². The fourth-order valence-corrected chi connectivity index (χ4v) is 1.64. The van der Waals surface area contributed by atoms with Crippen molar-refractivity contribution in [3.63, 3.8) is 0 Å². The van der Waals surface area contributed by atoms with Crippen LogP contribution in [-0.4, -0.2) is 19.0 Å². The first-order valence-electron chi connectivity index (χ1n) is 5.44. The van der Waals surface area contributed by atoms with Crippen molar-refractivity contribution in [1.82, 2.24) is 0 Å². The van der Waals surface area contributed by atoms with Crippen molar-refractivity contribution in [2.75, 3.05) is 18.0 Å². The molecule has 2 N–H and O–H groups in total. The number of hydrogen-bond acceptors (Lipinski definition) is 2. The molecule has 0 saturated carbocycles. The molecule has 0 bridgehead atoms. The summed E-state index contributed by atoms with van der Waals surface area (Å²) in [5, 5.41) is 0.000998. The van der Waals surface area contributed by atoms with Crippen LogP contribution in [0.2, 0.25) is 5.02 Å². The third kappa shape index (κ3) is 3.41. The second-order valence-electron chi connectivity index (χ2n) is 4.03. The van der Waals surface area contributed by atoms with Gasteiger partial charge in [-0.05, 0) is 18.2 Å². The normalized spacial score (nSPS) is 10.7. The number of nitrogens with two attached hydrogens (primary N) is 1. The predicted octanol–water partition coefficient (Wildman–Crippen LogP) is 2.43. The summed E-state index contributed by atoms with van der Waals surface area (Å²) < 4.78 is 13.0. The van der Waals surface area contributed by atoms with Gasteiger partial charge in [0.15, 0.2) is 0 Å². The fraction of sp³-hybridized carbons (Fsp3) is 0.417. The Kier molecular flexibility index (Phi) is 4.90. The zero-order chi connectivity index (χ0) is 13.0. The molecule has 0 saturated heterocycles. The van der Waals surface area contributed by atoms with E-state index in [2.05, 4.69) is 0 Å². The molecule has 0 aliphatic heterocycles. The molecule has 0 spiro atoms. The molecule has 3 nitrogen and oxygen atoms in total. The van der Waals surface area contributed by atoms with Gasteiger partial charge < -0.3 is 10.6 Å². The monoisotopic (exact) mass is 258 g/mol. The van der Waals surface area contributed by atoms with Gasteiger partial charge in [0.05, 0.1) is 5.02 Å². The van der Waals surface area contributed by atoms with Crippen LogP contribution in [0.5, 0.6) is 0 Å². The van der Waals surface area contributed by atoms with E-state index in [1.165, 1.54) is 23.1 Å². The maximum absolute atomic E-state index is 13.0. The molecule has 1 rings (SSSR count). The van der Waals surface area contributed by atoms with Crippen LogP contribution in [0.15, 0.2) is 18.2 Å². The smallest absolute Gasteiger partial charge is 0.229 e. The van der Waals surface area contributed by atoms with Crippen LogP contribution in [0.1, 0.15) is 13.8 Å². The van der Waals surface area contributed by atoms with Gasteiger partial charge in [0.1, 0.15) is 5.82 Å². The van der Waals surface area contributed by atoms with E-state index in [-0.39, 0.29) is 16.8 Å². The van der Waals surface area contributed by atoms with Gasteiger partial charge in [-0.1, -0.05) is 25.4 Å². The maximum Gasteiger partial charge on any atom is 0.229 e. The lowest BCUT2D eigenvalue weighted by atomic mass is 10.1. The number of carbonyl (C=O) groups excluding carboxylic acids is 1. The summed E-state index contributed by atoms with van der Waals surface area (Å²) in [5.74, 6) is -0.705. The Morgan fingerprint density at radius 1 is 1.53 bits per heavy atom. The topological polar surface area (TPSA) is 46.3 Å². The molecular formula is C12H16ClFN2O. The Morgan fingerprint density at radius 2 is 2.18 bits per heavy atom. The largest absolute Gasteiger partial charge is 0.329 e. The predicted molar refractivity (Wildman–Crippen MR) is 67.7 cm³/mol. The van der Waals surface area contributed by atoms with Gasteiger partial charge in [-0.3, -0.25) is 4.79 Å². The molecule has 94 valence electrons. The molecule has 1 aromatic rings. The lowest BCUT2D eigenvalue weighted by Crippen LogP contribution is -2.38. The standard InChI is InChI=1S/C12H16ClFN2O/c1-8(2)12(17)16(6-5-15)9-3-4-11(14)10(13)7-9/h3-4,7-8H,5-6,15H2,1-2H3. The van der Waals surface area contributed by atoms with Crippen LogP contribution in [0.4, 0.5) is 10.1 Å². The molecule has 5 heteroatoms. The molecular weight excluding hydrogens is 243 g/mol. The van der Waals surface area contributed by atoms with Gasteiger partial charge >= 0.3 is 0 Å². The lowest BCUT2D eigenvalue weighted by molar-refractivity contribution is -0.121. The molecule has 0 aliphatic rings. The summed E-state index contributed by atoms with van der Waals surface area (Å²) >= 11 is 5.70. The van der Waals surface area contributed by atoms with Gasteiger partial charge in [-0.15, -0.1) is 0 Å². The van der Waals surface area contributed by atoms with E-state index >= 15 is 0 Å². The average molecular weight is 259 g/mol. The Balaban J connectivity index is 3.05. The highest BCUT2D eigenvalue weighted by Gasteiger charge is 2.18. The van der Waals surface area contributed by atoms with Gasteiger partial charge in [-0.25, -0.2) is 4.39 Å². The van der Waals surface area contributed by atoms with Gasteiger partial charge in [-0.2, -0.15) is 0 Å². The number of hydrogen-bond donors (Lipinski definition) is 1. The molecule has 0 heterocycles. The number of nitrogens with zero attached hydrogens (tertiary/aromatic N) is 1. The minimum Gasteiger partial charge on any atom is -0.329 e. The van der Waals surface area contributed by atoms with E-state index in [0.717, 1.165) is 0 Å². The number of rotatable bonds is 4. The Bertz CT molecular complexity index is 409. The van der Waals surface area contributed by atoms with Crippen LogP contribution < -0.4 is 10.6 Å². The van der Waals surface area contributed by atoms with Crippen molar-refractivity contribution in [2.45, 2.75) is 13.8 Å². The molecule has 0 fully saturated rings. The number of anilines is 1. The third-order valence-corrected chi connectivity index (χ3v) is 2.62. The van der Waals surface area contributed by atoms with Crippen LogP contribution >= 0.6 is 11.6 Å². The van der Waals surface area contributed by atoms with E-state index < -0.39 is 5.82 Å². The summed E-state index contributed by atoms with van der Waals surface area (Å²) in [6, 6.07) is 4.21. The lowest BCUT2D eigenvalue weighted by Gasteiger charge is -2.24. The maximum atomic E-state index is 13.0. The van der Waals surface area contributed by atoms with E-state index in [1.807, 2.05) is 0 Å². The first-order valence-corrected chi connectivity index (χ1v) is 5.81. The van der Waals surface area contributed by atoms with Crippen molar-refractivity contribution in [1.29, 1.82) is 0 Å². The highest BCUT2D eigenvalue weighted by molar-refractivity contribution is 6.31. The summed E-state index contributed by atoms with van der Waals surface area (Å²) in [5.41, 5.74) is 6.04. The summed E-state index contributed by atoms with van der Waals surface area (Å²) in [6.07, 6.45) is 0. The van der Waals surface area contributed by atoms with Gasteiger partial charge in [0, 0.05) is 24.7 Å².